The highest BCUT2D eigenvalue weighted by Crippen LogP contribution is 2.21. The van der Waals surface area contributed by atoms with Gasteiger partial charge in [-0.15, -0.1) is 0 Å². The fourth-order valence-corrected chi connectivity index (χ4v) is 2.01. The maximum absolute atomic E-state index is 12.4. The molecule has 0 bridgehead atoms. The van der Waals surface area contributed by atoms with Gasteiger partial charge in [0.25, 0.3) is 0 Å². The van der Waals surface area contributed by atoms with Gasteiger partial charge in [-0.05, 0) is 37.6 Å². The Labute approximate surface area is 110 Å². The molecule has 1 aromatic heterocycles. The molecule has 0 atom stereocenters. The predicted octanol–water partition coefficient (Wildman–Crippen LogP) is 2.68. The Morgan fingerprint density at radius 2 is 2.22 bits per heavy atom. The number of halogens is 1. The van der Waals surface area contributed by atoms with Crippen LogP contribution in [0.1, 0.15) is 28.5 Å². The lowest BCUT2D eigenvalue weighted by Crippen LogP contribution is -2.11. The molecule has 2 aromatic rings. The SMILES string of the molecule is CCn1ncc(Cl)c1C(=O)c1ccc(N)c(C)c1. The van der Waals surface area contributed by atoms with Crippen molar-refractivity contribution in [3.8, 4) is 0 Å². The van der Waals surface area contributed by atoms with Gasteiger partial charge in [0.05, 0.1) is 11.2 Å². The number of aromatic nitrogens is 2. The summed E-state index contributed by atoms with van der Waals surface area (Å²) in [6.07, 6.45) is 1.49. The van der Waals surface area contributed by atoms with Crippen molar-refractivity contribution in [1.29, 1.82) is 0 Å². The van der Waals surface area contributed by atoms with E-state index in [1.54, 1.807) is 22.9 Å². The highest BCUT2D eigenvalue weighted by Gasteiger charge is 2.18. The molecule has 0 unspecified atom stereocenters. The van der Waals surface area contributed by atoms with Crippen LogP contribution < -0.4 is 5.73 Å². The zero-order valence-electron chi connectivity index (χ0n) is 10.3. The number of carbonyl (C=O) groups is 1. The van der Waals surface area contributed by atoms with Crippen LogP contribution in [0.3, 0.4) is 0 Å². The number of anilines is 1. The van der Waals surface area contributed by atoms with Gasteiger partial charge in [-0.1, -0.05) is 11.6 Å². The maximum atomic E-state index is 12.4. The van der Waals surface area contributed by atoms with Gasteiger partial charge in [0.15, 0.2) is 0 Å². The first-order valence-electron chi connectivity index (χ1n) is 5.66. The summed E-state index contributed by atoms with van der Waals surface area (Å²) in [5.41, 5.74) is 8.27. The van der Waals surface area contributed by atoms with Gasteiger partial charge < -0.3 is 5.73 Å². The molecule has 0 aliphatic rings. The first-order chi connectivity index (χ1) is 8.54. The second kappa shape index (κ2) is 4.82. The predicted molar refractivity (Wildman–Crippen MR) is 71.9 cm³/mol. The van der Waals surface area contributed by atoms with Gasteiger partial charge in [-0.3, -0.25) is 9.48 Å². The lowest BCUT2D eigenvalue weighted by Gasteiger charge is -2.06. The summed E-state index contributed by atoms with van der Waals surface area (Å²) >= 11 is 6.01. The van der Waals surface area contributed by atoms with Crippen LogP contribution in [0.5, 0.6) is 0 Å². The molecule has 0 radical (unpaired) electrons. The Hall–Kier alpha value is -1.81. The molecule has 1 heterocycles. The van der Waals surface area contributed by atoms with Crippen LogP contribution in [0, 0.1) is 6.92 Å². The largest absolute Gasteiger partial charge is 0.399 e. The van der Waals surface area contributed by atoms with Crippen molar-refractivity contribution in [2.45, 2.75) is 20.4 Å². The Balaban J connectivity index is 2.47. The monoisotopic (exact) mass is 263 g/mol. The van der Waals surface area contributed by atoms with Gasteiger partial charge in [0.2, 0.25) is 5.78 Å². The third-order valence-corrected chi connectivity index (χ3v) is 3.12. The summed E-state index contributed by atoms with van der Waals surface area (Å²) in [6.45, 7) is 4.38. The number of rotatable bonds is 3. The Morgan fingerprint density at radius 1 is 1.50 bits per heavy atom. The number of ketones is 1. The van der Waals surface area contributed by atoms with Crippen molar-refractivity contribution < 1.29 is 4.79 Å². The van der Waals surface area contributed by atoms with E-state index < -0.39 is 0 Å². The number of nitrogens with two attached hydrogens (primary N) is 1. The van der Waals surface area contributed by atoms with Crippen LogP contribution in [0.2, 0.25) is 5.02 Å². The lowest BCUT2D eigenvalue weighted by atomic mass is 10.0. The summed E-state index contributed by atoms with van der Waals surface area (Å²) in [7, 11) is 0. The molecule has 0 aliphatic carbocycles. The fourth-order valence-electron chi connectivity index (χ4n) is 1.78. The molecule has 18 heavy (non-hydrogen) atoms. The first kappa shape index (κ1) is 12.6. The van der Waals surface area contributed by atoms with Crippen molar-refractivity contribution in [1.82, 2.24) is 9.78 Å². The zero-order valence-corrected chi connectivity index (χ0v) is 11.0. The molecule has 0 saturated heterocycles. The third kappa shape index (κ3) is 2.11. The van der Waals surface area contributed by atoms with Crippen LogP contribution in [0.15, 0.2) is 24.4 Å². The first-order valence-corrected chi connectivity index (χ1v) is 6.04. The van der Waals surface area contributed by atoms with Gasteiger partial charge in [0, 0.05) is 17.8 Å². The molecule has 4 nitrogen and oxygen atoms in total. The second-order valence-corrected chi connectivity index (χ2v) is 4.46. The van der Waals surface area contributed by atoms with Crippen LogP contribution in [-0.2, 0) is 6.54 Å². The molecule has 0 aliphatic heterocycles. The summed E-state index contributed by atoms with van der Waals surface area (Å²) in [5, 5.41) is 4.43. The van der Waals surface area contributed by atoms with Crippen LogP contribution in [-0.4, -0.2) is 15.6 Å². The Bertz CT molecular complexity index is 604. The molecule has 2 N–H and O–H groups in total. The van der Waals surface area contributed by atoms with Crippen molar-refractivity contribution in [2.75, 3.05) is 5.73 Å². The van der Waals surface area contributed by atoms with E-state index >= 15 is 0 Å². The van der Waals surface area contributed by atoms with Gasteiger partial charge >= 0.3 is 0 Å². The second-order valence-electron chi connectivity index (χ2n) is 4.06. The Kier molecular flexibility index (Phi) is 3.39. The highest BCUT2D eigenvalue weighted by molar-refractivity contribution is 6.34. The van der Waals surface area contributed by atoms with E-state index in [2.05, 4.69) is 5.10 Å². The number of nitrogens with zero attached hydrogens (tertiary/aromatic N) is 2. The third-order valence-electron chi connectivity index (χ3n) is 2.84. The lowest BCUT2D eigenvalue weighted by molar-refractivity contribution is 0.102. The van der Waals surface area contributed by atoms with Crippen LogP contribution >= 0.6 is 11.6 Å². The number of benzene rings is 1. The van der Waals surface area contributed by atoms with Crippen molar-refractivity contribution >= 4 is 23.1 Å². The van der Waals surface area contributed by atoms with E-state index in [9.17, 15) is 4.79 Å². The molecule has 0 fully saturated rings. The topological polar surface area (TPSA) is 60.9 Å². The van der Waals surface area contributed by atoms with E-state index in [4.69, 9.17) is 17.3 Å². The van der Waals surface area contributed by atoms with Crippen LogP contribution in [0.25, 0.3) is 0 Å². The number of carbonyl (C=O) groups excluding carboxylic acids is 1. The molecule has 0 saturated carbocycles. The molecular formula is C13H14ClN3O. The average Bonchev–Trinajstić information content (AvgIpc) is 2.73. The van der Waals surface area contributed by atoms with E-state index in [0.29, 0.717) is 28.5 Å². The summed E-state index contributed by atoms with van der Waals surface area (Å²) < 4.78 is 1.59. The molecular weight excluding hydrogens is 250 g/mol. The highest BCUT2D eigenvalue weighted by atomic mass is 35.5. The number of hydrogen-bond acceptors (Lipinski definition) is 3. The van der Waals surface area contributed by atoms with Crippen molar-refractivity contribution in [3.63, 3.8) is 0 Å². The van der Waals surface area contributed by atoms with Crippen molar-refractivity contribution in [3.05, 3.63) is 46.2 Å². The Morgan fingerprint density at radius 3 is 2.83 bits per heavy atom. The van der Waals surface area contributed by atoms with E-state index in [0.717, 1.165) is 5.56 Å². The smallest absolute Gasteiger partial charge is 0.212 e. The fraction of sp³-hybridized carbons (Fsp3) is 0.231. The van der Waals surface area contributed by atoms with Crippen molar-refractivity contribution in [2.24, 2.45) is 0 Å². The zero-order chi connectivity index (χ0) is 13.3. The molecule has 5 heteroatoms. The van der Waals surface area contributed by atoms with E-state index in [-0.39, 0.29) is 5.78 Å². The standard InChI is InChI=1S/C13H14ClN3O/c1-3-17-12(10(14)7-16-17)13(18)9-4-5-11(15)8(2)6-9/h4-7H,3,15H2,1-2H3. The summed E-state index contributed by atoms with van der Waals surface area (Å²) in [5.74, 6) is -0.137. The average molecular weight is 264 g/mol. The molecule has 0 spiro atoms. The quantitative estimate of drug-likeness (QED) is 0.684. The minimum atomic E-state index is -0.137. The number of hydrogen-bond donors (Lipinski definition) is 1. The molecule has 1 aromatic carbocycles. The number of nitrogen functional groups attached to an aromatic ring is 1. The minimum Gasteiger partial charge on any atom is -0.399 e. The van der Waals surface area contributed by atoms with Crippen LogP contribution in [0.4, 0.5) is 5.69 Å². The van der Waals surface area contributed by atoms with E-state index in [1.807, 2.05) is 13.8 Å². The van der Waals surface area contributed by atoms with E-state index in [1.165, 1.54) is 6.20 Å². The summed E-state index contributed by atoms with van der Waals surface area (Å²) in [6, 6.07) is 5.19. The molecule has 94 valence electrons. The minimum absolute atomic E-state index is 0.137. The maximum Gasteiger partial charge on any atom is 0.212 e. The number of aryl methyl sites for hydroxylation is 2. The normalized spacial score (nSPS) is 10.6. The molecule has 0 amide bonds. The summed E-state index contributed by atoms with van der Waals surface area (Å²) in [4.78, 5) is 12.4. The molecule has 2 rings (SSSR count). The van der Waals surface area contributed by atoms with Gasteiger partial charge in [-0.2, -0.15) is 5.10 Å². The van der Waals surface area contributed by atoms with Gasteiger partial charge in [-0.25, -0.2) is 0 Å². The van der Waals surface area contributed by atoms with Gasteiger partial charge in [0.1, 0.15) is 5.69 Å².